The fraction of sp³-hybridized carbons (Fsp3) is 0.529. The highest BCUT2D eigenvalue weighted by Gasteiger charge is 2.15. The minimum absolute atomic E-state index is 0.0914. The molecular weight excluding hydrogens is 246 g/mol. The Morgan fingerprint density at radius 3 is 2.45 bits per heavy atom. The lowest BCUT2D eigenvalue weighted by Gasteiger charge is -2.22. The summed E-state index contributed by atoms with van der Waals surface area (Å²) in [6, 6.07) is 6.11. The van der Waals surface area contributed by atoms with Gasteiger partial charge in [0.1, 0.15) is 5.69 Å². The quantitative estimate of drug-likeness (QED) is 0.576. The monoisotopic (exact) mass is 269 g/mol. The van der Waals surface area contributed by atoms with Crippen molar-refractivity contribution in [2.24, 2.45) is 10.3 Å². The molecule has 0 aromatic heterocycles. The third kappa shape index (κ3) is 3.60. The molecule has 3 nitrogen and oxygen atoms in total. The van der Waals surface area contributed by atoms with Crippen molar-refractivity contribution in [3.8, 4) is 12.3 Å². The van der Waals surface area contributed by atoms with E-state index in [0.29, 0.717) is 0 Å². The van der Waals surface area contributed by atoms with Crippen molar-refractivity contribution in [2.75, 3.05) is 13.1 Å². The SMILES string of the molecule is C#Cc1cc(C(C)(C)C)ccc1N=NN1CCCCC1. The van der Waals surface area contributed by atoms with Crippen LogP contribution in [0, 0.1) is 12.3 Å². The largest absolute Gasteiger partial charge is 0.278 e. The molecule has 1 saturated heterocycles. The van der Waals surface area contributed by atoms with Gasteiger partial charge < -0.3 is 0 Å². The fourth-order valence-corrected chi connectivity index (χ4v) is 2.28. The van der Waals surface area contributed by atoms with Gasteiger partial charge in [-0.05, 0) is 42.4 Å². The zero-order chi connectivity index (χ0) is 14.6. The van der Waals surface area contributed by atoms with Gasteiger partial charge >= 0.3 is 0 Å². The summed E-state index contributed by atoms with van der Waals surface area (Å²) in [6.45, 7) is 8.52. The maximum atomic E-state index is 5.61. The van der Waals surface area contributed by atoms with Gasteiger partial charge in [0.05, 0.1) is 5.56 Å². The molecule has 20 heavy (non-hydrogen) atoms. The second-order valence-corrected chi connectivity index (χ2v) is 6.33. The summed E-state index contributed by atoms with van der Waals surface area (Å²) in [5.74, 6) is 2.72. The van der Waals surface area contributed by atoms with Crippen molar-refractivity contribution >= 4 is 5.69 Å². The first kappa shape index (κ1) is 14.6. The van der Waals surface area contributed by atoms with E-state index < -0.39 is 0 Å². The molecule has 1 heterocycles. The molecule has 0 N–H and O–H groups in total. The smallest absolute Gasteiger partial charge is 0.103 e. The number of piperidine rings is 1. The summed E-state index contributed by atoms with van der Waals surface area (Å²) in [4.78, 5) is 0. The van der Waals surface area contributed by atoms with Crippen molar-refractivity contribution in [3.63, 3.8) is 0 Å². The Morgan fingerprint density at radius 1 is 1.15 bits per heavy atom. The van der Waals surface area contributed by atoms with Crippen molar-refractivity contribution in [2.45, 2.75) is 45.4 Å². The minimum atomic E-state index is 0.0914. The van der Waals surface area contributed by atoms with Crippen LogP contribution in [0.25, 0.3) is 0 Å². The topological polar surface area (TPSA) is 28.0 Å². The first-order valence-corrected chi connectivity index (χ1v) is 7.28. The number of hydrogen-bond acceptors (Lipinski definition) is 2. The van der Waals surface area contributed by atoms with Gasteiger partial charge in [-0.3, -0.25) is 5.01 Å². The Bertz CT molecular complexity index is 526. The first-order chi connectivity index (χ1) is 9.50. The number of rotatable bonds is 2. The summed E-state index contributed by atoms with van der Waals surface area (Å²) < 4.78 is 0. The van der Waals surface area contributed by atoms with E-state index in [-0.39, 0.29) is 5.41 Å². The standard InChI is InChI=1S/C17H23N3/c1-5-14-13-15(17(2,3)4)9-10-16(14)18-19-20-11-7-6-8-12-20/h1,9-10,13H,6-8,11-12H2,2-4H3. The molecule has 1 aliphatic rings. The van der Waals surface area contributed by atoms with E-state index in [1.165, 1.54) is 24.8 Å². The molecule has 2 rings (SSSR count). The van der Waals surface area contributed by atoms with Gasteiger partial charge in [-0.25, -0.2) is 0 Å². The van der Waals surface area contributed by atoms with E-state index in [0.717, 1.165) is 24.3 Å². The lowest BCUT2D eigenvalue weighted by atomic mass is 9.86. The third-order valence-electron chi connectivity index (χ3n) is 3.63. The molecule has 1 fully saturated rings. The number of hydrogen-bond donors (Lipinski definition) is 0. The van der Waals surface area contributed by atoms with E-state index in [9.17, 15) is 0 Å². The van der Waals surface area contributed by atoms with Gasteiger partial charge in [0.25, 0.3) is 0 Å². The van der Waals surface area contributed by atoms with Crippen LogP contribution in [0.3, 0.4) is 0 Å². The second kappa shape index (κ2) is 6.09. The van der Waals surface area contributed by atoms with E-state index >= 15 is 0 Å². The highest BCUT2D eigenvalue weighted by Crippen LogP contribution is 2.28. The van der Waals surface area contributed by atoms with Gasteiger partial charge in [-0.1, -0.05) is 38.0 Å². The molecule has 106 valence electrons. The van der Waals surface area contributed by atoms with E-state index in [2.05, 4.69) is 43.1 Å². The summed E-state index contributed by atoms with van der Waals surface area (Å²) in [5, 5.41) is 10.7. The molecule has 1 aliphatic heterocycles. The van der Waals surface area contributed by atoms with Gasteiger partial charge in [-0.2, -0.15) is 0 Å². The molecular formula is C17H23N3. The predicted molar refractivity (Wildman–Crippen MR) is 83.0 cm³/mol. The Morgan fingerprint density at radius 2 is 1.85 bits per heavy atom. The lowest BCUT2D eigenvalue weighted by molar-refractivity contribution is 0.224. The molecule has 0 saturated carbocycles. The molecule has 1 aromatic carbocycles. The zero-order valence-corrected chi connectivity index (χ0v) is 12.7. The first-order valence-electron chi connectivity index (χ1n) is 7.28. The van der Waals surface area contributed by atoms with Gasteiger partial charge in [0.2, 0.25) is 0 Å². The minimum Gasteiger partial charge on any atom is -0.278 e. The highest BCUT2D eigenvalue weighted by molar-refractivity contribution is 5.56. The van der Waals surface area contributed by atoms with Crippen LogP contribution in [0.1, 0.15) is 51.2 Å². The molecule has 0 amide bonds. The van der Waals surface area contributed by atoms with Crippen LogP contribution < -0.4 is 0 Å². The van der Waals surface area contributed by atoms with Crippen molar-refractivity contribution in [1.82, 2.24) is 5.01 Å². The molecule has 0 unspecified atom stereocenters. The van der Waals surface area contributed by atoms with Gasteiger partial charge in [-0.15, -0.1) is 11.5 Å². The molecule has 0 bridgehead atoms. The summed E-state index contributed by atoms with van der Waals surface area (Å²) in [5.41, 5.74) is 2.92. The van der Waals surface area contributed by atoms with Crippen molar-refractivity contribution in [3.05, 3.63) is 29.3 Å². The molecule has 0 radical (unpaired) electrons. The van der Waals surface area contributed by atoms with Crippen LogP contribution in [0.2, 0.25) is 0 Å². The maximum absolute atomic E-state index is 5.61. The van der Waals surface area contributed by atoms with E-state index in [1.54, 1.807) is 0 Å². The molecule has 1 aromatic rings. The predicted octanol–water partition coefficient (Wildman–Crippen LogP) is 4.45. The van der Waals surface area contributed by atoms with Crippen LogP contribution in [0.15, 0.2) is 28.5 Å². The Kier molecular flexibility index (Phi) is 4.44. The fourth-order valence-electron chi connectivity index (χ4n) is 2.28. The normalized spacial score (nSPS) is 16.4. The van der Waals surface area contributed by atoms with Crippen molar-refractivity contribution in [1.29, 1.82) is 0 Å². The summed E-state index contributed by atoms with van der Waals surface area (Å²) in [7, 11) is 0. The molecule has 0 aliphatic carbocycles. The Balaban J connectivity index is 2.19. The second-order valence-electron chi connectivity index (χ2n) is 6.33. The summed E-state index contributed by atoms with van der Waals surface area (Å²) in [6.07, 6.45) is 9.30. The lowest BCUT2D eigenvalue weighted by Crippen LogP contribution is -2.23. The molecule has 3 heteroatoms. The van der Waals surface area contributed by atoms with Gasteiger partial charge in [0.15, 0.2) is 0 Å². The maximum Gasteiger partial charge on any atom is 0.103 e. The average Bonchev–Trinajstić information content (AvgIpc) is 2.45. The Hall–Kier alpha value is -1.82. The van der Waals surface area contributed by atoms with E-state index in [1.807, 2.05) is 17.1 Å². The highest BCUT2D eigenvalue weighted by atomic mass is 15.5. The van der Waals surface area contributed by atoms with Crippen molar-refractivity contribution < 1.29 is 0 Å². The molecule has 0 spiro atoms. The zero-order valence-electron chi connectivity index (χ0n) is 12.7. The molecule has 0 atom stereocenters. The van der Waals surface area contributed by atoms with Crippen LogP contribution in [-0.4, -0.2) is 18.1 Å². The van der Waals surface area contributed by atoms with Crippen LogP contribution in [0.5, 0.6) is 0 Å². The van der Waals surface area contributed by atoms with E-state index in [4.69, 9.17) is 6.42 Å². The van der Waals surface area contributed by atoms with Crippen LogP contribution in [0.4, 0.5) is 5.69 Å². The summed E-state index contributed by atoms with van der Waals surface area (Å²) >= 11 is 0. The number of benzene rings is 1. The Labute approximate surface area is 122 Å². The third-order valence-corrected chi connectivity index (χ3v) is 3.63. The van der Waals surface area contributed by atoms with Crippen LogP contribution in [-0.2, 0) is 5.41 Å². The van der Waals surface area contributed by atoms with Gasteiger partial charge in [0, 0.05) is 13.1 Å². The van der Waals surface area contributed by atoms with Crippen LogP contribution >= 0.6 is 0 Å². The number of nitrogens with zero attached hydrogens (tertiary/aromatic N) is 3. The average molecular weight is 269 g/mol. The number of terminal acetylenes is 1.